The Morgan fingerprint density at radius 3 is 2.86 bits per heavy atom. The summed E-state index contributed by atoms with van der Waals surface area (Å²) in [6.45, 7) is 3.93. The Balaban J connectivity index is 2.33. The smallest absolute Gasteiger partial charge is 0.228 e. The highest BCUT2D eigenvalue weighted by molar-refractivity contribution is 7.98. The van der Waals surface area contributed by atoms with Crippen molar-refractivity contribution >= 4 is 35.0 Å². The van der Waals surface area contributed by atoms with Crippen molar-refractivity contribution < 1.29 is 4.79 Å². The highest BCUT2D eigenvalue weighted by Gasteiger charge is 2.23. The molecule has 0 aliphatic heterocycles. The number of anilines is 1. The van der Waals surface area contributed by atoms with E-state index in [0.29, 0.717) is 17.3 Å². The summed E-state index contributed by atoms with van der Waals surface area (Å²) in [6.07, 6.45) is 7.63. The van der Waals surface area contributed by atoms with Crippen LogP contribution in [0.15, 0.2) is 30.7 Å². The van der Waals surface area contributed by atoms with Crippen LogP contribution in [0.4, 0.5) is 5.69 Å². The van der Waals surface area contributed by atoms with Crippen molar-refractivity contribution in [3.05, 3.63) is 35.9 Å². The summed E-state index contributed by atoms with van der Waals surface area (Å²) in [6, 6.07) is 3.72. The van der Waals surface area contributed by atoms with Crippen LogP contribution in [0.2, 0.25) is 5.15 Å². The maximum atomic E-state index is 12.4. The lowest BCUT2D eigenvalue weighted by Crippen LogP contribution is -2.37. The molecule has 22 heavy (non-hydrogen) atoms. The Bertz CT molecular complexity index is 630. The first-order valence-corrected chi connectivity index (χ1v) is 8.78. The van der Waals surface area contributed by atoms with E-state index >= 15 is 0 Å². The first-order chi connectivity index (χ1) is 10.5. The topological polar surface area (TPSA) is 51.0 Å². The molecule has 0 aromatic carbocycles. The molecule has 0 radical (unpaired) electrons. The molecule has 0 N–H and O–H groups in total. The Kier molecular flexibility index (Phi) is 5.85. The fraction of sp³-hybridized carbons (Fsp3) is 0.400. The van der Waals surface area contributed by atoms with E-state index in [1.165, 1.54) is 0 Å². The third kappa shape index (κ3) is 3.81. The van der Waals surface area contributed by atoms with Crippen LogP contribution in [0.1, 0.15) is 20.3 Å². The van der Waals surface area contributed by atoms with Crippen LogP contribution in [-0.2, 0) is 4.79 Å². The van der Waals surface area contributed by atoms with Gasteiger partial charge in [0.2, 0.25) is 5.91 Å². The van der Waals surface area contributed by atoms with Gasteiger partial charge in [-0.25, -0.2) is 4.68 Å². The Morgan fingerprint density at radius 1 is 1.50 bits per heavy atom. The summed E-state index contributed by atoms with van der Waals surface area (Å²) >= 11 is 7.91. The number of aromatic nitrogens is 3. The number of carbonyl (C=O) groups is 1. The quantitative estimate of drug-likeness (QED) is 0.809. The second kappa shape index (κ2) is 7.65. The monoisotopic (exact) mass is 338 g/mol. The number of amides is 1. The number of hydrogen-bond acceptors (Lipinski definition) is 4. The first-order valence-electron chi connectivity index (χ1n) is 7.01. The zero-order valence-electron chi connectivity index (χ0n) is 12.9. The number of hydrogen-bond donors (Lipinski definition) is 0. The number of rotatable bonds is 6. The minimum atomic E-state index is 0.0124. The van der Waals surface area contributed by atoms with Gasteiger partial charge in [0.1, 0.15) is 5.69 Å². The van der Waals surface area contributed by atoms with Crippen LogP contribution in [0.5, 0.6) is 0 Å². The summed E-state index contributed by atoms with van der Waals surface area (Å²) in [5.74, 6) is 0.841. The molecule has 2 heterocycles. The van der Waals surface area contributed by atoms with Gasteiger partial charge in [0.25, 0.3) is 0 Å². The Labute approximate surface area is 139 Å². The molecule has 2 rings (SSSR count). The zero-order chi connectivity index (χ0) is 16.1. The van der Waals surface area contributed by atoms with E-state index in [9.17, 15) is 4.79 Å². The van der Waals surface area contributed by atoms with Gasteiger partial charge < -0.3 is 4.90 Å². The summed E-state index contributed by atoms with van der Waals surface area (Å²) in [7, 11) is 0. The SMILES string of the molecule is CSCCC(=O)N(c1cn(-c2cccnc2)nc1Cl)C(C)C. The van der Waals surface area contributed by atoms with Crippen molar-refractivity contribution in [3.63, 3.8) is 0 Å². The molecule has 2 aromatic heterocycles. The Hall–Kier alpha value is -1.53. The van der Waals surface area contributed by atoms with Crippen molar-refractivity contribution in [2.75, 3.05) is 16.9 Å². The van der Waals surface area contributed by atoms with E-state index in [0.717, 1.165) is 11.4 Å². The summed E-state index contributed by atoms with van der Waals surface area (Å²) in [5, 5.41) is 4.60. The molecule has 0 aliphatic rings. The number of nitrogens with zero attached hydrogens (tertiary/aromatic N) is 4. The standard InChI is InChI=1S/C15H19ClN4OS/c1-11(2)20(14(21)6-8-22-3)13-10-19(18-15(13)16)12-5-4-7-17-9-12/h4-5,7,9-11H,6,8H2,1-3H3. The second-order valence-corrected chi connectivity index (χ2v) is 6.40. The van der Waals surface area contributed by atoms with Crippen LogP contribution < -0.4 is 4.90 Å². The zero-order valence-corrected chi connectivity index (χ0v) is 14.4. The fourth-order valence-electron chi connectivity index (χ4n) is 2.14. The number of carbonyl (C=O) groups excluding carboxylic acids is 1. The van der Waals surface area contributed by atoms with Crippen molar-refractivity contribution in [2.45, 2.75) is 26.3 Å². The molecule has 0 saturated heterocycles. The largest absolute Gasteiger partial charge is 0.306 e. The number of thioether (sulfide) groups is 1. The molecule has 0 fully saturated rings. The van der Waals surface area contributed by atoms with Crippen LogP contribution >= 0.6 is 23.4 Å². The molecule has 1 amide bonds. The van der Waals surface area contributed by atoms with E-state index < -0.39 is 0 Å². The highest BCUT2D eigenvalue weighted by atomic mass is 35.5. The first kappa shape index (κ1) is 16.8. The second-order valence-electron chi connectivity index (χ2n) is 5.06. The van der Waals surface area contributed by atoms with Crippen molar-refractivity contribution in [3.8, 4) is 5.69 Å². The van der Waals surface area contributed by atoms with Gasteiger partial charge in [0.05, 0.1) is 18.1 Å². The lowest BCUT2D eigenvalue weighted by molar-refractivity contribution is -0.118. The molecule has 0 bridgehead atoms. The third-order valence-electron chi connectivity index (χ3n) is 3.13. The van der Waals surface area contributed by atoms with Gasteiger partial charge in [0, 0.05) is 24.4 Å². The maximum absolute atomic E-state index is 12.4. The average Bonchev–Trinajstić information content (AvgIpc) is 2.88. The van der Waals surface area contributed by atoms with Crippen LogP contribution in [0, 0.1) is 0 Å². The van der Waals surface area contributed by atoms with E-state index in [1.807, 2.05) is 32.2 Å². The van der Waals surface area contributed by atoms with E-state index in [1.54, 1.807) is 39.9 Å². The molecular formula is C15H19ClN4OS. The van der Waals surface area contributed by atoms with Gasteiger partial charge in [-0.2, -0.15) is 16.9 Å². The summed E-state index contributed by atoms with van der Waals surface area (Å²) in [4.78, 5) is 18.2. The lowest BCUT2D eigenvalue weighted by atomic mass is 10.2. The van der Waals surface area contributed by atoms with E-state index in [-0.39, 0.29) is 11.9 Å². The molecule has 0 aliphatic carbocycles. The van der Waals surface area contributed by atoms with Gasteiger partial charge >= 0.3 is 0 Å². The van der Waals surface area contributed by atoms with Gasteiger partial charge in [-0.3, -0.25) is 9.78 Å². The number of halogens is 1. The normalized spacial score (nSPS) is 11.0. The molecule has 0 saturated carbocycles. The molecule has 118 valence electrons. The minimum absolute atomic E-state index is 0.0124. The van der Waals surface area contributed by atoms with Gasteiger partial charge in [-0.05, 0) is 32.2 Å². The minimum Gasteiger partial charge on any atom is -0.306 e. The molecule has 0 spiro atoms. The van der Waals surface area contributed by atoms with Gasteiger partial charge in [0.15, 0.2) is 5.15 Å². The maximum Gasteiger partial charge on any atom is 0.228 e. The molecule has 0 atom stereocenters. The van der Waals surface area contributed by atoms with Crippen LogP contribution in [0.25, 0.3) is 5.69 Å². The molecular weight excluding hydrogens is 320 g/mol. The molecule has 2 aromatic rings. The van der Waals surface area contributed by atoms with Crippen molar-refractivity contribution in [1.29, 1.82) is 0 Å². The van der Waals surface area contributed by atoms with Crippen LogP contribution in [0.3, 0.4) is 0 Å². The van der Waals surface area contributed by atoms with Crippen LogP contribution in [-0.4, -0.2) is 38.7 Å². The Morgan fingerprint density at radius 2 is 2.27 bits per heavy atom. The van der Waals surface area contributed by atoms with Gasteiger partial charge in [-0.15, -0.1) is 0 Å². The lowest BCUT2D eigenvalue weighted by Gasteiger charge is -2.25. The predicted molar refractivity (Wildman–Crippen MR) is 92.0 cm³/mol. The molecule has 0 unspecified atom stereocenters. The molecule has 5 nitrogen and oxygen atoms in total. The third-order valence-corrected chi connectivity index (χ3v) is 4.01. The highest BCUT2D eigenvalue weighted by Crippen LogP contribution is 2.28. The van der Waals surface area contributed by atoms with Crippen molar-refractivity contribution in [2.24, 2.45) is 0 Å². The molecule has 7 heteroatoms. The van der Waals surface area contributed by atoms with Gasteiger partial charge in [-0.1, -0.05) is 11.6 Å². The predicted octanol–water partition coefficient (Wildman–Crippen LogP) is 3.42. The summed E-state index contributed by atoms with van der Waals surface area (Å²) in [5.41, 5.74) is 1.43. The average molecular weight is 339 g/mol. The van der Waals surface area contributed by atoms with E-state index in [4.69, 9.17) is 11.6 Å². The fourth-order valence-corrected chi connectivity index (χ4v) is 2.74. The summed E-state index contributed by atoms with van der Waals surface area (Å²) < 4.78 is 1.64. The van der Waals surface area contributed by atoms with E-state index in [2.05, 4.69) is 10.1 Å². The number of pyridine rings is 1. The van der Waals surface area contributed by atoms with Crippen molar-refractivity contribution in [1.82, 2.24) is 14.8 Å².